The summed E-state index contributed by atoms with van der Waals surface area (Å²) in [6.45, 7) is 3.11. The van der Waals surface area contributed by atoms with Gasteiger partial charge in [-0.25, -0.2) is 4.98 Å². The van der Waals surface area contributed by atoms with Gasteiger partial charge < -0.3 is 9.64 Å². The van der Waals surface area contributed by atoms with E-state index in [1.165, 1.54) is 36.9 Å². The summed E-state index contributed by atoms with van der Waals surface area (Å²) in [7, 11) is 0. The van der Waals surface area contributed by atoms with Gasteiger partial charge in [0.05, 0.1) is 11.9 Å². The molecule has 0 spiro atoms. The van der Waals surface area contributed by atoms with Crippen LogP contribution >= 0.6 is 0 Å². The minimum absolute atomic E-state index is 0.188. The Kier molecular flexibility index (Phi) is 5.23. The first-order valence-electron chi connectivity index (χ1n) is 11.1. The Labute approximate surface area is 172 Å². The molecule has 3 heterocycles. The van der Waals surface area contributed by atoms with Crippen LogP contribution in [-0.2, 0) is 17.6 Å². The largest absolute Gasteiger partial charge is 0.439 e. The Morgan fingerprint density at radius 1 is 0.897 bits per heavy atom. The van der Waals surface area contributed by atoms with Crippen molar-refractivity contribution in [3.63, 3.8) is 0 Å². The van der Waals surface area contributed by atoms with E-state index in [0.717, 1.165) is 56.3 Å². The molecule has 1 amide bonds. The predicted molar refractivity (Wildman–Crippen MR) is 114 cm³/mol. The molecule has 29 heavy (non-hydrogen) atoms. The number of carbonyl (C=O) groups is 1. The van der Waals surface area contributed by atoms with E-state index in [-0.39, 0.29) is 5.91 Å². The molecule has 1 aliphatic carbocycles. The summed E-state index contributed by atoms with van der Waals surface area (Å²) in [6, 6.07) is 11.1. The normalized spacial score (nSPS) is 20.7. The van der Waals surface area contributed by atoms with Gasteiger partial charge in [-0.2, -0.15) is 0 Å². The van der Waals surface area contributed by atoms with Gasteiger partial charge in [-0.15, -0.1) is 0 Å². The van der Waals surface area contributed by atoms with Crippen LogP contribution in [0.3, 0.4) is 0 Å². The quantitative estimate of drug-likeness (QED) is 0.778. The summed E-state index contributed by atoms with van der Waals surface area (Å²) in [4.78, 5) is 21.0. The van der Waals surface area contributed by atoms with Crippen LogP contribution in [-0.4, -0.2) is 41.5 Å². The standard InChI is InChI=1S/C24H29N3O2/c28-24-6-1-2-13-27(24)21-8-10-23(25-17-21)29-22-9-7-18-11-14-26(20-4-3-5-20)15-12-19(18)16-22/h7-10,16-17,20H,1-6,11-15H2. The summed E-state index contributed by atoms with van der Waals surface area (Å²) < 4.78 is 6.03. The molecule has 2 aliphatic heterocycles. The maximum atomic E-state index is 12.1. The summed E-state index contributed by atoms with van der Waals surface area (Å²) in [5.41, 5.74) is 3.71. The minimum atomic E-state index is 0.188. The SMILES string of the molecule is O=C1CCCCN1c1ccc(Oc2ccc3c(c2)CCN(C2CCC2)CC3)nc1. The molecule has 0 atom stereocenters. The van der Waals surface area contributed by atoms with Crippen LogP contribution in [0.1, 0.15) is 49.7 Å². The lowest BCUT2D eigenvalue weighted by molar-refractivity contribution is -0.119. The number of pyridine rings is 1. The third kappa shape index (κ3) is 4.01. The number of rotatable bonds is 4. The van der Waals surface area contributed by atoms with E-state index in [4.69, 9.17) is 4.74 Å². The number of amides is 1. The van der Waals surface area contributed by atoms with Gasteiger partial charge in [-0.05, 0) is 67.9 Å². The number of hydrogen-bond donors (Lipinski definition) is 0. The summed E-state index contributed by atoms with van der Waals surface area (Å²) in [5.74, 6) is 1.60. The first-order valence-corrected chi connectivity index (χ1v) is 11.1. The fourth-order valence-corrected chi connectivity index (χ4v) is 4.69. The van der Waals surface area contributed by atoms with Crippen molar-refractivity contribution in [2.45, 2.75) is 57.4 Å². The van der Waals surface area contributed by atoms with E-state index in [9.17, 15) is 4.79 Å². The van der Waals surface area contributed by atoms with Crippen LogP contribution in [0.15, 0.2) is 36.5 Å². The van der Waals surface area contributed by atoms with Crippen LogP contribution in [0.25, 0.3) is 0 Å². The van der Waals surface area contributed by atoms with E-state index in [2.05, 4.69) is 28.1 Å². The third-order valence-corrected chi connectivity index (χ3v) is 6.68. The fourth-order valence-electron chi connectivity index (χ4n) is 4.69. The highest BCUT2D eigenvalue weighted by Crippen LogP contribution is 2.30. The van der Waals surface area contributed by atoms with Crippen molar-refractivity contribution in [1.29, 1.82) is 0 Å². The van der Waals surface area contributed by atoms with Crippen LogP contribution in [0.4, 0.5) is 5.69 Å². The van der Waals surface area contributed by atoms with Crippen molar-refractivity contribution in [3.05, 3.63) is 47.7 Å². The average molecular weight is 392 g/mol. The molecule has 1 aromatic carbocycles. The zero-order valence-electron chi connectivity index (χ0n) is 17.0. The summed E-state index contributed by atoms with van der Waals surface area (Å²) in [5, 5.41) is 0. The second-order valence-corrected chi connectivity index (χ2v) is 8.51. The maximum Gasteiger partial charge on any atom is 0.227 e. The molecule has 0 radical (unpaired) electrons. The molecule has 2 fully saturated rings. The molecule has 0 bridgehead atoms. The monoisotopic (exact) mass is 391 g/mol. The van der Waals surface area contributed by atoms with E-state index in [1.807, 2.05) is 17.0 Å². The molecule has 1 saturated carbocycles. The molecular weight excluding hydrogens is 362 g/mol. The first-order chi connectivity index (χ1) is 14.3. The van der Waals surface area contributed by atoms with Gasteiger partial charge >= 0.3 is 0 Å². The zero-order valence-corrected chi connectivity index (χ0v) is 17.0. The topological polar surface area (TPSA) is 45.7 Å². The van der Waals surface area contributed by atoms with Crippen molar-refractivity contribution in [1.82, 2.24) is 9.88 Å². The minimum Gasteiger partial charge on any atom is -0.439 e. The number of carbonyl (C=O) groups excluding carboxylic acids is 1. The smallest absolute Gasteiger partial charge is 0.227 e. The molecule has 1 aromatic heterocycles. The Balaban J connectivity index is 1.25. The predicted octanol–water partition coefficient (Wildman–Crippen LogP) is 4.34. The maximum absolute atomic E-state index is 12.1. The van der Waals surface area contributed by atoms with Gasteiger partial charge in [0.1, 0.15) is 5.75 Å². The molecule has 3 aliphatic rings. The third-order valence-electron chi connectivity index (χ3n) is 6.68. The Hall–Kier alpha value is -2.40. The van der Waals surface area contributed by atoms with Crippen molar-refractivity contribution < 1.29 is 9.53 Å². The van der Waals surface area contributed by atoms with Gasteiger partial charge in [0.25, 0.3) is 0 Å². The van der Waals surface area contributed by atoms with Crippen LogP contribution in [0.5, 0.6) is 11.6 Å². The van der Waals surface area contributed by atoms with Crippen molar-refractivity contribution in [2.24, 2.45) is 0 Å². The van der Waals surface area contributed by atoms with Gasteiger partial charge in [0.2, 0.25) is 11.8 Å². The molecule has 5 rings (SSSR count). The molecule has 2 aromatic rings. The average Bonchev–Trinajstić information content (AvgIpc) is 2.90. The van der Waals surface area contributed by atoms with Crippen LogP contribution in [0, 0.1) is 0 Å². The molecule has 152 valence electrons. The molecule has 5 nitrogen and oxygen atoms in total. The van der Waals surface area contributed by atoms with E-state index < -0.39 is 0 Å². The molecular formula is C24H29N3O2. The van der Waals surface area contributed by atoms with Crippen LogP contribution < -0.4 is 9.64 Å². The summed E-state index contributed by atoms with van der Waals surface area (Å²) >= 11 is 0. The highest BCUT2D eigenvalue weighted by molar-refractivity contribution is 5.93. The van der Waals surface area contributed by atoms with Gasteiger partial charge in [0, 0.05) is 38.2 Å². The highest BCUT2D eigenvalue weighted by atomic mass is 16.5. The number of benzene rings is 1. The van der Waals surface area contributed by atoms with Crippen molar-refractivity contribution >= 4 is 11.6 Å². The number of hydrogen-bond acceptors (Lipinski definition) is 4. The lowest BCUT2D eigenvalue weighted by Gasteiger charge is -2.36. The lowest BCUT2D eigenvalue weighted by Crippen LogP contribution is -2.41. The van der Waals surface area contributed by atoms with E-state index in [0.29, 0.717) is 12.3 Å². The first kappa shape index (κ1) is 18.6. The van der Waals surface area contributed by atoms with E-state index in [1.54, 1.807) is 6.20 Å². The number of anilines is 1. The Bertz CT molecular complexity index is 876. The summed E-state index contributed by atoms with van der Waals surface area (Å²) in [6.07, 6.45) is 10.8. The van der Waals surface area contributed by atoms with Crippen molar-refractivity contribution in [3.8, 4) is 11.6 Å². The van der Waals surface area contributed by atoms with Crippen LogP contribution in [0.2, 0.25) is 0 Å². The Morgan fingerprint density at radius 3 is 2.48 bits per heavy atom. The molecule has 0 unspecified atom stereocenters. The van der Waals surface area contributed by atoms with Gasteiger partial charge in [0.15, 0.2) is 0 Å². The zero-order chi connectivity index (χ0) is 19.6. The second kappa shape index (κ2) is 8.15. The molecule has 0 N–H and O–H groups in total. The van der Waals surface area contributed by atoms with E-state index >= 15 is 0 Å². The number of aromatic nitrogens is 1. The van der Waals surface area contributed by atoms with Gasteiger partial charge in [-0.1, -0.05) is 12.5 Å². The lowest BCUT2D eigenvalue weighted by atomic mass is 9.91. The number of ether oxygens (including phenoxy) is 1. The fraction of sp³-hybridized carbons (Fsp3) is 0.500. The molecule has 5 heteroatoms. The van der Waals surface area contributed by atoms with Gasteiger partial charge in [-0.3, -0.25) is 9.69 Å². The number of nitrogens with zero attached hydrogens (tertiary/aromatic N) is 3. The number of fused-ring (bicyclic) bond motifs is 1. The Morgan fingerprint density at radius 2 is 1.76 bits per heavy atom. The number of piperidine rings is 1. The van der Waals surface area contributed by atoms with Crippen molar-refractivity contribution in [2.75, 3.05) is 24.5 Å². The second-order valence-electron chi connectivity index (χ2n) is 8.51. The highest BCUT2D eigenvalue weighted by Gasteiger charge is 2.26. The molecule has 1 saturated heterocycles.